The second kappa shape index (κ2) is 7.81. The van der Waals surface area contributed by atoms with Crippen LogP contribution in [0.25, 0.3) is 5.69 Å². The van der Waals surface area contributed by atoms with E-state index in [1.54, 1.807) is 11.2 Å². The minimum absolute atomic E-state index is 0.0113. The van der Waals surface area contributed by atoms with E-state index in [9.17, 15) is 4.79 Å². The van der Waals surface area contributed by atoms with Gasteiger partial charge in [-0.1, -0.05) is 48.4 Å². The van der Waals surface area contributed by atoms with Gasteiger partial charge in [0.1, 0.15) is 17.6 Å². The summed E-state index contributed by atoms with van der Waals surface area (Å²) in [6, 6.07) is 15.9. The molecule has 1 aliphatic heterocycles. The molecule has 30 heavy (non-hydrogen) atoms. The maximum absolute atomic E-state index is 12.9. The second-order valence-electron chi connectivity index (χ2n) is 8.07. The lowest BCUT2D eigenvalue weighted by Crippen LogP contribution is -2.26. The Morgan fingerprint density at radius 2 is 1.90 bits per heavy atom. The van der Waals surface area contributed by atoms with Gasteiger partial charge in [0.15, 0.2) is 0 Å². The van der Waals surface area contributed by atoms with Crippen molar-refractivity contribution >= 4 is 5.91 Å². The molecular formula is C25H25N3O2. The van der Waals surface area contributed by atoms with E-state index in [2.05, 4.69) is 16.8 Å². The largest absolute Gasteiger partial charge is 0.358 e. The number of hydrogen-bond acceptors (Lipinski definition) is 3. The second-order valence-corrected chi connectivity index (χ2v) is 8.07. The van der Waals surface area contributed by atoms with Gasteiger partial charge in [-0.15, -0.1) is 0 Å². The standard InChI is InChI=1S/C25H25N3O2/c1-18-9-8-12-21-23(18)24(29)27(4)15-22-20(26-17-28(21)22)13-14-25(2,3)30-16-19-10-6-5-7-11-19/h5-12,17H,15-16H2,1-4H3. The highest BCUT2D eigenvalue weighted by atomic mass is 16.5. The number of carbonyl (C=O) groups excluding carboxylic acids is 1. The minimum Gasteiger partial charge on any atom is -0.358 e. The number of imidazole rings is 1. The maximum atomic E-state index is 12.9. The molecule has 0 unspecified atom stereocenters. The highest BCUT2D eigenvalue weighted by Gasteiger charge is 2.27. The topological polar surface area (TPSA) is 47.4 Å². The molecule has 4 rings (SSSR count). The molecular weight excluding hydrogens is 374 g/mol. The summed E-state index contributed by atoms with van der Waals surface area (Å²) in [5.41, 5.74) is 4.56. The minimum atomic E-state index is -0.632. The summed E-state index contributed by atoms with van der Waals surface area (Å²) in [4.78, 5) is 19.2. The Hall–Kier alpha value is -3.36. The summed E-state index contributed by atoms with van der Waals surface area (Å²) in [5, 5.41) is 0. The third kappa shape index (κ3) is 3.87. The molecule has 0 radical (unpaired) electrons. The zero-order valence-corrected chi connectivity index (χ0v) is 17.8. The molecule has 1 aliphatic rings. The number of fused-ring (bicyclic) bond motifs is 3. The SMILES string of the molecule is Cc1cccc2c1C(=O)N(C)Cc1c(C#CC(C)(C)OCc3ccccc3)ncn1-2. The molecule has 3 aromatic rings. The average molecular weight is 399 g/mol. The van der Waals surface area contributed by atoms with Crippen LogP contribution in [0.3, 0.4) is 0 Å². The van der Waals surface area contributed by atoms with Crippen LogP contribution in [0, 0.1) is 18.8 Å². The Kier molecular flexibility index (Phi) is 5.19. The Morgan fingerprint density at radius 3 is 2.67 bits per heavy atom. The number of ether oxygens (including phenoxy) is 1. The van der Waals surface area contributed by atoms with E-state index in [4.69, 9.17) is 4.74 Å². The Bertz CT molecular complexity index is 1150. The number of nitrogens with zero attached hydrogens (tertiary/aromatic N) is 3. The molecule has 152 valence electrons. The first-order valence-corrected chi connectivity index (χ1v) is 9.98. The van der Waals surface area contributed by atoms with Crippen LogP contribution >= 0.6 is 0 Å². The third-order valence-corrected chi connectivity index (χ3v) is 5.25. The molecule has 0 saturated heterocycles. The van der Waals surface area contributed by atoms with Crippen molar-refractivity contribution in [3.63, 3.8) is 0 Å². The van der Waals surface area contributed by atoms with Crippen molar-refractivity contribution in [3.05, 3.63) is 82.9 Å². The molecule has 0 spiro atoms. The van der Waals surface area contributed by atoms with Gasteiger partial charge in [0.25, 0.3) is 5.91 Å². The Labute approximate surface area is 177 Å². The van der Waals surface area contributed by atoms with Crippen LogP contribution < -0.4 is 0 Å². The van der Waals surface area contributed by atoms with Gasteiger partial charge in [-0.3, -0.25) is 9.36 Å². The van der Waals surface area contributed by atoms with Gasteiger partial charge >= 0.3 is 0 Å². The molecule has 2 aromatic carbocycles. The molecule has 0 bridgehead atoms. The first-order valence-electron chi connectivity index (χ1n) is 9.98. The quantitative estimate of drug-likeness (QED) is 0.623. The number of aromatic nitrogens is 2. The van der Waals surface area contributed by atoms with E-state index in [1.807, 2.05) is 80.9 Å². The van der Waals surface area contributed by atoms with Crippen molar-refractivity contribution < 1.29 is 9.53 Å². The van der Waals surface area contributed by atoms with Crippen LogP contribution in [0.4, 0.5) is 0 Å². The fraction of sp³-hybridized carbons (Fsp3) is 0.280. The highest BCUT2D eigenvalue weighted by molar-refractivity contribution is 5.99. The molecule has 1 aromatic heterocycles. The molecule has 2 heterocycles. The maximum Gasteiger partial charge on any atom is 0.256 e. The number of benzene rings is 2. The Balaban J connectivity index is 1.64. The van der Waals surface area contributed by atoms with Crippen LogP contribution in [0.2, 0.25) is 0 Å². The zero-order valence-electron chi connectivity index (χ0n) is 17.8. The molecule has 5 heteroatoms. The van der Waals surface area contributed by atoms with Crippen LogP contribution in [-0.2, 0) is 17.9 Å². The van der Waals surface area contributed by atoms with Gasteiger partial charge in [-0.25, -0.2) is 4.98 Å². The first-order chi connectivity index (χ1) is 14.4. The normalized spacial score (nSPS) is 13.2. The van der Waals surface area contributed by atoms with E-state index in [0.717, 1.165) is 22.5 Å². The average Bonchev–Trinajstić information content (AvgIpc) is 3.09. The summed E-state index contributed by atoms with van der Waals surface area (Å²) < 4.78 is 8.00. The van der Waals surface area contributed by atoms with E-state index in [-0.39, 0.29) is 5.91 Å². The fourth-order valence-electron chi connectivity index (χ4n) is 3.54. The predicted octanol–water partition coefficient (Wildman–Crippen LogP) is 4.11. The summed E-state index contributed by atoms with van der Waals surface area (Å²) in [5.74, 6) is 6.42. The number of amides is 1. The lowest BCUT2D eigenvalue weighted by molar-refractivity contribution is 0.0144. The van der Waals surface area contributed by atoms with Gasteiger partial charge in [-0.2, -0.15) is 0 Å². The number of aryl methyl sites for hydroxylation is 1. The zero-order chi connectivity index (χ0) is 21.3. The van der Waals surface area contributed by atoms with Crippen LogP contribution in [-0.4, -0.2) is 33.0 Å². The van der Waals surface area contributed by atoms with E-state index in [0.29, 0.717) is 24.4 Å². The van der Waals surface area contributed by atoms with Gasteiger partial charge in [0.2, 0.25) is 0 Å². The third-order valence-electron chi connectivity index (χ3n) is 5.25. The van der Waals surface area contributed by atoms with Gasteiger partial charge in [0.05, 0.1) is 30.1 Å². The van der Waals surface area contributed by atoms with Crippen molar-refractivity contribution in [2.45, 2.75) is 39.5 Å². The summed E-state index contributed by atoms with van der Waals surface area (Å²) in [6.07, 6.45) is 1.75. The van der Waals surface area contributed by atoms with Crippen molar-refractivity contribution in [2.75, 3.05) is 7.05 Å². The molecule has 5 nitrogen and oxygen atoms in total. The molecule has 0 N–H and O–H groups in total. The van der Waals surface area contributed by atoms with E-state index < -0.39 is 5.60 Å². The van der Waals surface area contributed by atoms with Gasteiger partial charge in [-0.05, 0) is 43.9 Å². The van der Waals surface area contributed by atoms with Crippen molar-refractivity contribution in [2.24, 2.45) is 0 Å². The number of rotatable bonds is 3. The number of carbonyl (C=O) groups is 1. The van der Waals surface area contributed by atoms with Crippen LogP contribution in [0.15, 0.2) is 54.9 Å². The van der Waals surface area contributed by atoms with Crippen molar-refractivity contribution in [3.8, 4) is 17.5 Å². The van der Waals surface area contributed by atoms with Gasteiger partial charge < -0.3 is 9.64 Å². The summed E-state index contributed by atoms with van der Waals surface area (Å²) in [6.45, 7) is 6.80. The predicted molar refractivity (Wildman–Crippen MR) is 116 cm³/mol. The molecule has 0 saturated carbocycles. The number of hydrogen-bond donors (Lipinski definition) is 0. The molecule has 0 fully saturated rings. The lowest BCUT2D eigenvalue weighted by atomic mass is 10.1. The van der Waals surface area contributed by atoms with E-state index in [1.165, 1.54) is 0 Å². The summed E-state index contributed by atoms with van der Waals surface area (Å²) >= 11 is 0. The van der Waals surface area contributed by atoms with Crippen LogP contribution in [0.1, 0.15) is 46.7 Å². The molecule has 0 aliphatic carbocycles. The highest BCUT2D eigenvalue weighted by Crippen LogP contribution is 2.27. The molecule has 1 amide bonds. The van der Waals surface area contributed by atoms with E-state index >= 15 is 0 Å². The van der Waals surface area contributed by atoms with Crippen molar-refractivity contribution in [1.82, 2.24) is 14.5 Å². The monoisotopic (exact) mass is 399 g/mol. The van der Waals surface area contributed by atoms with Gasteiger partial charge in [0, 0.05) is 7.05 Å². The van der Waals surface area contributed by atoms with Crippen molar-refractivity contribution in [1.29, 1.82) is 0 Å². The lowest BCUT2D eigenvalue weighted by Gasteiger charge is -2.19. The Morgan fingerprint density at radius 1 is 1.13 bits per heavy atom. The van der Waals surface area contributed by atoms with Crippen LogP contribution in [0.5, 0.6) is 0 Å². The molecule has 0 atom stereocenters. The first kappa shape index (κ1) is 19.9. The summed E-state index contributed by atoms with van der Waals surface area (Å²) in [7, 11) is 1.81. The fourth-order valence-corrected chi connectivity index (χ4v) is 3.54. The smallest absolute Gasteiger partial charge is 0.256 e.